The topological polar surface area (TPSA) is 66.1 Å². The number of sulfonamides is 1. The number of nitrogens with zero attached hydrogens (tertiary/aromatic N) is 2. The zero-order valence-electron chi connectivity index (χ0n) is 9.27. The van der Waals surface area contributed by atoms with E-state index in [0.29, 0.717) is 6.54 Å². The van der Waals surface area contributed by atoms with Crippen LogP contribution >= 0.6 is 0 Å². The summed E-state index contributed by atoms with van der Waals surface area (Å²) in [6.07, 6.45) is 3.50. The molecule has 0 aliphatic heterocycles. The summed E-state index contributed by atoms with van der Waals surface area (Å²) in [5.74, 6) is 0. The van der Waals surface area contributed by atoms with E-state index in [-0.39, 0.29) is 11.1 Å². The smallest absolute Gasteiger partial charge is 0.260 e. The number of aromatic amines is 1. The summed E-state index contributed by atoms with van der Waals surface area (Å²) < 4.78 is 25.6. The first kappa shape index (κ1) is 12.2. The maximum atomic E-state index is 12.1. The second-order valence-electron chi connectivity index (χ2n) is 3.63. The fourth-order valence-corrected chi connectivity index (χ4v) is 3.01. The van der Waals surface area contributed by atoms with Gasteiger partial charge in [-0.3, -0.25) is 0 Å². The fraction of sp³-hybridized carbons (Fsp3) is 0.667. The van der Waals surface area contributed by atoms with E-state index in [4.69, 9.17) is 0 Å². The largest absolute Gasteiger partial charge is 0.335 e. The van der Waals surface area contributed by atoms with E-state index in [1.807, 2.05) is 20.8 Å². The third-order valence-electron chi connectivity index (χ3n) is 2.08. The molecule has 0 saturated carbocycles. The minimum Gasteiger partial charge on any atom is -0.335 e. The van der Waals surface area contributed by atoms with Crippen LogP contribution in [0.3, 0.4) is 0 Å². The van der Waals surface area contributed by atoms with Crippen molar-refractivity contribution < 1.29 is 8.42 Å². The van der Waals surface area contributed by atoms with E-state index in [9.17, 15) is 8.42 Å². The second-order valence-corrected chi connectivity index (χ2v) is 5.48. The highest BCUT2D eigenvalue weighted by molar-refractivity contribution is 7.89. The molecule has 0 aromatic carbocycles. The zero-order valence-corrected chi connectivity index (χ0v) is 10.1. The van der Waals surface area contributed by atoms with Crippen LogP contribution in [0.1, 0.15) is 27.2 Å². The number of hydrogen-bond donors (Lipinski definition) is 1. The van der Waals surface area contributed by atoms with Crippen molar-refractivity contribution in [2.75, 3.05) is 6.54 Å². The van der Waals surface area contributed by atoms with Gasteiger partial charge in [0.05, 0.1) is 12.5 Å². The van der Waals surface area contributed by atoms with E-state index in [1.54, 1.807) is 0 Å². The summed E-state index contributed by atoms with van der Waals surface area (Å²) in [6.45, 7) is 6.21. The summed E-state index contributed by atoms with van der Waals surface area (Å²) in [5.41, 5.74) is 0. The standard InChI is InChI=1S/C9H17N3O2S/c1-4-5-12(8(2)3)15(13,14)9-6-10-7-11-9/h6-8H,4-5H2,1-3H3,(H,10,11). The Hall–Kier alpha value is -0.880. The lowest BCUT2D eigenvalue weighted by molar-refractivity contribution is 0.353. The molecule has 1 aromatic heterocycles. The summed E-state index contributed by atoms with van der Waals surface area (Å²) in [4.78, 5) is 6.36. The molecular weight excluding hydrogens is 214 g/mol. The van der Waals surface area contributed by atoms with Gasteiger partial charge in [0.25, 0.3) is 10.0 Å². The van der Waals surface area contributed by atoms with Crippen LogP contribution in [0.2, 0.25) is 0 Å². The molecule has 0 radical (unpaired) electrons. The van der Waals surface area contributed by atoms with E-state index < -0.39 is 10.0 Å². The number of H-pyrrole nitrogens is 1. The maximum Gasteiger partial charge on any atom is 0.260 e. The van der Waals surface area contributed by atoms with Gasteiger partial charge in [0.1, 0.15) is 0 Å². The van der Waals surface area contributed by atoms with Crippen molar-refractivity contribution in [3.8, 4) is 0 Å². The zero-order chi connectivity index (χ0) is 11.5. The highest BCUT2D eigenvalue weighted by Gasteiger charge is 2.27. The average Bonchev–Trinajstić information content (AvgIpc) is 2.66. The number of aromatic nitrogens is 2. The van der Waals surface area contributed by atoms with Crippen LogP contribution in [0, 0.1) is 0 Å². The number of rotatable bonds is 5. The molecule has 1 N–H and O–H groups in total. The molecule has 1 aromatic rings. The molecule has 0 fully saturated rings. The van der Waals surface area contributed by atoms with Gasteiger partial charge in [0.2, 0.25) is 0 Å². The molecule has 0 unspecified atom stereocenters. The Balaban J connectivity index is 3.02. The lowest BCUT2D eigenvalue weighted by Gasteiger charge is -2.24. The first-order valence-electron chi connectivity index (χ1n) is 5.00. The van der Waals surface area contributed by atoms with Crippen LogP contribution in [0.5, 0.6) is 0 Å². The van der Waals surface area contributed by atoms with Gasteiger partial charge in [-0.2, -0.15) is 4.31 Å². The first-order valence-corrected chi connectivity index (χ1v) is 6.44. The van der Waals surface area contributed by atoms with Crippen molar-refractivity contribution in [2.24, 2.45) is 0 Å². The third kappa shape index (κ3) is 2.57. The van der Waals surface area contributed by atoms with Crippen LogP contribution in [0.15, 0.2) is 17.6 Å². The molecule has 5 nitrogen and oxygen atoms in total. The second kappa shape index (κ2) is 4.76. The molecule has 0 bridgehead atoms. The summed E-state index contributed by atoms with van der Waals surface area (Å²) in [7, 11) is -3.40. The SMILES string of the molecule is CCCN(C(C)C)S(=O)(=O)c1cnc[nH]1. The lowest BCUT2D eigenvalue weighted by Crippen LogP contribution is -2.37. The highest BCUT2D eigenvalue weighted by atomic mass is 32.2. The van der Waals surface area contributed by atoms with Crippen molar-refractivity contribution in [2.45, 2.75) is 38.3 Å². The van der Waals surface area contributed by atoms with Crippen molar-refractivity contribution in [3.05, 3.63) is 12.5 Å². The molecule has 0 atom stereocenters. The van der Waals surface area contributed by atoms with E-state index in [1.165, 1.54) is 16.8 Å². The fourth-order valence-electron chi connectivity index (χ4n) is 1.39. The summed E-state index contributed by atoms with van der Waals surface area (Å²) >= 11 is 0. The number of imidazole rings is 1. The van der Waals surface area contributed by atoms with Gasteiger partial charge in [-0.1, -0.05) is 6.92 Å². The molecule has 1 rings (SSSR count). The van der Waals surface area contributed by atoms with Crippen LogP contribution in [-0.2, 0) is 10.0 Å². The molecule has 0 saturated heterocycles. The number of hydrogen-bond acceptors (Lipinski definition) is 3. The van der Waals surface area contributed by atoms with Crippen LogP contribution in [0.25, 0.3) is 0 Å². The van der Waals surface area contributed by atoms with Crippen molar-refractivity contribution in [1.29, 1.82) is 0 Å². The van der Waals surface area contributed by atoms with E-state index >= 15 is 0 Å². The Morgan fingerprint density at radius 1 is 1.53 bits per heavy atom. The minimum atomic E-state index is -3.40. The van der Waals surface area contributed by atoms with E-state index in [0.717, 1.165) is 6.42 Å². The monoisotopic (exact) mass is 231 g/mol. The van der Waals surface area contributed by atoms with Gasteiger partial charge >= 0.3 is 0 Å². The van der Waals surface area contributed by atoms with Gasteiger partial charge in [-0.05, 0) is 20.3 Å². The molecule has 0 aliphatic rings. The van der Waals surface area contributed by atoms with Crippen LogP contribution in [0.4, 0.5) is 0 Å². The quantitative estimate of drug-likeness (QED) is 0.828. The Bertz CT molecular complexity index is 383. The first-order chi connectivity index (χ1) is 7.00. The Morgan fingerprint density at radius 2 is 2.20 bits per heavy atom. The highest BCUT2D eigenvalue weighted by Crippen LogP contribution is 2.15. The number of nitrogens with one attached hydrogen (secondary N) is 1. The molecule has 86 valence electrons. The maximum absolute atomic E-state index is 12.1. The lowest BCUT2D eigenvalue weighted by atomic mass is 10.4. The average molecular weight is 231 g/mol. The molecule has 0 aliphatic carbocycles. The van der Waals surface area contributed by atoms with Gasteiger partial charge in [0, 0.05) is 12.6 Å². The molecule has 1 heterocycles. The van der Waals surface area contributed by atoms with Gasteiger partial charge < -0.3 is 4.98 Å². The minimum absolute atomic E-state index is 0.0433. The molecule has 0 spiro atoms. The molecule has 15 heavy (non-hydrogen) atoms. The Morgan fingerprint density at radius 3 is 2.60 bits per heavy atom. The predicted octanol–water partition coefficient (Wildman–Crippen LogP) is 1.22. The van der Waals surface area contributed by atoms with Crippen LogP contribution in [-0.4, -0.2) is 35.3 Å². The molecule has 6 heteroatoms. The van der Waals surface area contributed by atoms with Crippen molar-refractivity contribution in [1.82, 2.24) is 14.3 Å². The van der Waals surface area contributed by atoms with Crippen molar-refractivity contribution >= 4 is 10.0 Å². The normalized spacial score (nSPS) is 12.6. The molecule has 0 amide bonds. The van der Waals surface area contributed by atoms with E-state index in [2.05, 4.69) is 9.97 Å². The summed E-state index contributed by atoms with van der Waals surface area (Å²) in [5, 5.41) is 0.157. The predicted molar refractivity (Wildman–Crippen MR) is 57.9 cm³/mol. The van der Waals surface area contributed by atoms with Gasteiger partial charge in [-0.25, -0.2) is 13.4 Å². The van der Waals surface area contributed by atoms with Crippen molar-refractivity contribution in [3.63, 3.8) is 0 Å². The Kier molecular flexibility index (Phi) is 3.87. The van der Waals surface area contributed by atoms with Gasteiger partial charge in [0.15, 0.2) is 5.03 Å². The molecular formula is C9H17N3O2S. The van der Waals surface area contributed by atoms with Crippen LogP contribution < -0.4 is 0 Å². The third-order valence-corrected chi connectivity index (χ3v) is 4.08. The summed E-state index contributed by atoms with van der Waals surface area (Å²) in [6, 6.07) is -0.0433. The van der Waals surface area contributed by atoms with Gasteiger partial charge in [-0.15, -0.1) is 0 Å². The Labute approximate surface area is 90.6 Å².